The summed E-state index contributed by atoms with van der Waals surface area (Å²) >= 11 is 0. The van der Waals surface area contributed by atoms with Gasteiger partial charge in [-0.1, -0.05) is 140 Å². The number of hydrogen-bond acceptors (Lipinski definition) is 4. The molecule has 0 bridgehead atoms. The highest BCUT2D eigenvalue weighted by atomic mass is 16.3. The Hall–Kier alpha value is -8.15. The highest BCUT2D eigenvalue weighted by molar-refractivity contribution is 6.08. The van der Waals surface area contributed by atoms with Crippen LogP contribution in [0.2, 0.25) is 0 Å². The van der Waals surface area contributed by atoms with Crippen LogP contribution in [0.15, 0.2) is 192 Å². The summed E-state index contributed by atoms with van der Waals surface area (Å²) in [4.78, 5) is 15.7. The van der Waals surface area contributed by atoms with E-state index in [0.717, 1.165) is 73.5 Å². The number of para-hydroxylation sites is 1. The van der Waals surface area contributed by atoms with E-state index in [1.54, 1.807) is 0 Å². The Kier molecular flexibility index (Phi) is 7.66. The maximum Gasteiger partial charge on any atom is 0.164 e. The molecule has 0 radical (unpaired) electrons. The summed E-state index contributed by atoms with van der Waals surface area (Å²) in [6, 6.07) is 64.6. The highest BCUT2D eigenvalue weighted by Gasteiger charge is 2.23. The summed E-state index contributed by atoms with van der Waals surface area (Å²) in [6.07, 6.45) is 6.66. The molecule has 12 aromatic rings. The molecule has 0 atom stereocenters. The van der Waals surface area contributed by atoms with E-state index in [0.29, 0.717) is 17.5 Å². The zero-order chi connectivity index (χ0) is 40.7. The van der Waals surface area contributed by atoms with Gasteiger partial charge in [0.15, 0.2) is 17.5 Å². The van der Waals surface area contributed by atoms with Gasteiger partial charge in [0.05, 0.1) is 11.2 Å². The fourth-order valence-electron chi connectivity index (χ4n) is 9.75. The molecule has 5 nitrogen and oxygen atoms in total. The number of rotatable bonds is 5. The number of hydrogen-bond donors (Lipinski definition) is 0. The molecule has 3 aromatic heterocycles. The number of benzene rings is 9. The van der Waals surface area contributed by atoms with Crippen LogP contribution in [-0.2, 0) is 6.42 Å². The summed E-state index contributed by atoms with van der Waals surface area (Å²) in [5.41, 5.74) is 11.7. The maximum atomic E-state index is 6.34. The van der Waals surface area contributed by atoms with E-state index >= 15 is 0 Å². The molecular weight excluding hydrogens is 757 g/mol. The van der Waals surface area contributed by atoms with Crippen LogP contribution in [0.25, 0.3) is 122 Å². The van der Waals surface area contributed by atoms with Gasteiger partial charge in [-0.3, -0.25) is 0 Å². The van der Waals surface area contributed by atoms with Crippen molar-refractivity contribution in [1.29, 1.82) is 0 Å². The van der Waals surface area contributed by atoms with Crippen LogP contribution in [0.3, 0.4) is 0 Å². The predicted molar refractivity (Wildman–Crippen MR) is 256 cm³/mol. The Morgan fingerprint density at radius 3 is 2.00 bits per heavy atom. The van der Waals surface area contributed by atoms with Crippen LogP contribution in [0, 0.1) is 0 Å². The third-order valence-corrected chi connectivity index (χ3v) is 12.7. The molecule has 1 aliphatic carbocycles. The van der Waals surface area contributed by atoms with Crippen molar-refractivity contribution < 1.29 is 4.42 Å². The third-order valence-electron chi connectivity index (χ3n) is 12.7. The lowest BCUT2D eigenvalue weighted by Crippen LogP contribution is -2.03. The van der Waals surface area contributed by atoms with Crippen LogP contribution < -0.4 is 0 Å². The van der Waals surface area contributed by atoms with Crippen molar-refractivity contribution in [2.24, 2.45) is 0 Å². The Labute approximate surface area is 356 Å². The molecule has 5 heteroatoms. The van der Waals surface area contributed by atoms with Crippen molar-refractivity contribution >= 4 is 71.2 Å². The number of nitrogens with zero attached hydrogens (tertiary/aromatic N) is 4. The van der Waals surface area contributed by atoms with Gasteiger partial charge in [-0.2, -0.15) is 0 Å². The first kappa shape index (κ1) is 34.7. The first-order valence-corrected chi connectivity index (χ1v) is 21.2. The maximum absolute atomic E-state index is 6.34. The van der Waals surface area contributed by atoms with Gasteiger partial charge in [0, 0.05) is 43.9 Å². The molecule has 62 heavy (non-hydrogen) atoms. The second-order valence-corrected chi connectivity index (χ2v) is 16.3. The van der Waals surface area contributed by atoms with Crippen molar-refractivity contribution in [2.45, 2.75) is 12.8 Å². The Balaban J connectivity index is 1.08. The van der Waals surface area contributed by atoms with Crippen molar-refractivity contribution in [3.05, 3.63) is 199 Å². The lowest BCUT2D eigenvalue weighted by molar-refractivity contribution is 0.669. The van der Waals surface area contributed by atoms with Gasteiger partial charge in [-0.05, 0) is 111 Å². The molecule has 0 unspecified atom stereocenters. The average molecular weight is 793 g/mol. The van der Waals surface area contributed by atoms with E-state index in [4.69, 9.17) is 19.4 Å². The van der Waals surface area contributed by atoms with Gasteiger partial charge in [0.1, 0.15) is 11.2 Å². The Morgan fingerprint density at radius 2 is 1.11 bits per heavy atom. The van der Waals surface area contributed by atoms with Crippen molar-refractivity contribution in [3.8, 4) is 51.0 Å². The second kappa shape index (κ2) is 13.7. The summed E-state index contributed by atoms with van der Waals surface area (Å²) in [7, 11) is 0. The first-order valence-electron chi connectivity index (χ1n) is 21.2. The summed E-state index contributed by atoms with van der Waals surface area (Å²) in [5, 5.41) is 10.6. The zero-order valence-corrected chi connectivity index (χ0v) is 33.6. The number of fused-ring (bicyclic) bond motifs is 9. The molecule has 0 spiro atoms. The van der Waals surface area contributed by atoms with E-state index in [1.165, 1.54) is 49.3 Å². The molecule has 0 saturated carbocycles. The molecule has 9 aromatic carbocycles. The molecule has 13 rings (SSSR count). The van der Waals surface area contributed by atoms with E-state index in [9.17, 15) is 0 Å². The number of furan rings is 1. The topological polar surface area (TPSA) is 56.7 Å². The zero-order valence-electron chi connectivity index (χ0n) is 33.6. The molecule has 0 N–H and O–H groups in total. The van der Waals surface area contributed by atoms with E-state index in [2.05, 4.69) is 162 Å². The minimum atomic E-state index is 0.586. The lowest BCUT2D eigenvalue weighted by atomic mass is 9.94. The molecular formula is C57H36N4O. The first-order chi connectivity index (χ1) is 30.7. The summed E-state index contributed by atoms with van der Waals surface area (Å²) in [5.74, 6) is 1.81. The average Bonchev–Trinajstić information content (AvgIpc) is 3.87. The van der Waals surface area contributed by atoms with E-state index in [-0.39, 0.29) is 0 Å². The minimum Gasteiger partial charge on any atom is -0.456 e. The minimum absolute atomic E-state index is 0.586. The Bertz CT molecular complexity index is 3810. The molecule has 290 valence electrons. The van der Waals surface area contributed by atoms with Gasteiger partial charge < -0.3 is 8.98 Å². The SMILES string of the molecule is C1=Cc2c(c3cc4ccccc4cc3n2-c2ccc(-c3nc(-c4ccccc4)nc(-c4ccc5c(c4)oc4ccccc45)n3)c3ccc(-c4cccc5ccccc45)cc23)CC1. The molecule has 3 heterocycles. The summed E-state index contributed by atoms with van der Waals surface area (Å²) in [6.45, 7) is 0. The fourth-order valence-corrected chi connectivity index (χ4v) is 9.75. The van der Waals surface area contributed by atoms with E-state index in [1.807, 2.05) is 36.4 Å². The molecule has 1 aliphatic rings. The van der Waals surface area contributed by atoms with Gasteiger partial charge in [0.2, 0.25) is 0 Å². The predicted octanol–water partition coefficient (Wildman–Crippen LogP) is 14.8. The van der Waals surface area contributed by atoms with Crippen LogP contribution in [0.1, 0.15) is 17.7 Å². The van der Waals surface area contributed by atoms with Gasteiger partial charge >= 0.3 is 0 Å². The fraction of sp³-hybridized carbons (Fsp3) is 0.0351. The molecule has 0 amide bonds. The molecule has 0 saturated heterocycles. The van der Waals surface area contributed by atoms with Gasteiger partial charge in [-0.15, -0.1) is 0 Å². The van der Waals surface area contributed by atoms with Crippen LogP contribution in [0.5, 0.6) is 0 Å². The van der Waals surface area contributed by atoms with Crippen molar-refractivity contribution in [2.75, 3.05) is 0 Å². The van der Waals surface area contributed by atoms with Crippen molar-refractivity contribution in [3.63, 3.8) is 0 Å². The lowest BCUT2D eigenvalue weighted by Gasteiger charge is -2.18. The molecule has 0 aliphatic heterocycles. The van der Waals surface area contributed by atoms with Crippen LogP contribution in [-0.4, -0.2) is 19.5 Å². The second-order valence-electron chi connectivity index (χ2n) is 16.3. The molecule has 0 fully saturated rings. The smallest absolute Gasteiger partial charge is 0.164 e. The summed E-state index contributed by atoms with van der Waals surface area (Å²) < 4.78 is 8.83. The third kappa shape index (κ3) is 5.45. The van der Waals surface area contributed by atoms with Gasteiger partial charge in [-0.25, -0.2) is 15.0 Å². The van der Waals surface area contributed by atoms with Crippen LogP contribution in [0.4, 0.5) is 0 Å². The van der Waals surface area contributed by atoms with Gasteiger partial charge in [0.25, 0.3) is 0 Å². The van der Waals surface area contributed by atoms with E-state index < -0.39 is 0 Å². The number of allylic oxidation sites excluding steroid dienone is 1. The van der Waals surface area contributed by atoms with Crippen LogP contribution >= 0.6 is 0 Å². The number of aryl methyl sites for hydroxylation is 1. The quantitative estimate of drug-likeness (QED) is 0.174. The number of aromatic nitrogens is 4. The highest BCUT2D eigenvalue weighted by Crippen LogP contribution is 2.42. The Morgan fingerprint density at radius 1 is 0.419 bits per heavy atom. The normalized spacial score (nSPS) is 12.6. The standard InChI is InChI=1S/C57H36N4O/c1-2-14-36(15-3-1)55-58-56(40-26-28-46-45-21-9-11-24-53(45)62-54(46)34-40)60-57(59-55)47-29-30-51(48-32-39(25-27-43(47)48)42-22-12-18-35-13-6-7-19-41(35)42)61-50-23-10-8-20-44(50)49-31-37-16-4-5-17-38(37)33-52(49)61/h1-7,9-19,21-34H,8,20H2. The monoisotopic (exact) mass is 792 g/mol. The largest absolute Gasteiger partial charge is 0.456 e. The van der Waals surface area contributed by atoms with Crippen molar-refractivity contribution in [1.82, 2.24) is 19.5 Å².